The van der Waals surface area contributed by atoms with Crippen LogP contribution >= 0.6 is 0 Å². The van der Waals surface area contributed by atoms with Gasteiger partial charge < -0.3 is 14.2 Å². The third-order valence-electron chi connectivity index (χ3n) is 3.25. The first-order chi connectivity index (χ1) is 10.2. The molecule has 0 saturated carbocycles. The van der Waals surface area contributed by atoms with Crippen molar-refractivity contribution in [3.05, 3.63) is 59.8 Å². The fourth-order valence-electron chi connectivity index (χ4n) is 2.17. The Bertz CT molecular complexity index is 752. The number of nitrogens with one attached hydrogen (secondary N) is 1. The van der Waals surface area contributed by atoms with Crippen LogP contribution < -0.4 is 5.32 Å². The highest BCUT2D eigenvalue weighted by Crippen LogP contribution is 2.25. The predicted octanol–water partition coefficient (Wildman–Crippen LogP) is 3.80. The van der Waals surface area contributed by atoms with Crippen LogP contribution in [0.4, 0.5) is 5.69 Å². The van der Waals surface area contributed by atoms with Gasteiger partial charge in [0.2, 0.25) is 5.76 Å². The highest BCUT2D eigenvalue weighted by atomic mass is 16.4. The first-order valence-corrected chi connectivity index (χ1v) is 6.51. The fraction of sp³-hybridized carbons (Fsp3) is 0.125. The van der Waals surface area contributed by atoms with Crippen LogP contribution in [-0.2, 0) is 0 Å². The Morgan fingerprint density at radius 2 is 1.86 bits per heavy atom. The number of anilines is 1. The number of nitrogens with zero attached hydrogens (tertiary/aromatic N) is 1. The molecule has 1 amide bonds. The van der Waals surface area contributed by atoms with Crippen LogP contribution in [0.2, 0.25) is 0 Å². The molecule has 0 aliphatic rings. The summed E-state index contributed by atoms with van der Waals surface area (Å²) in [5.74, 6) is 0.468. The molecule has 0 aliphatic heterocycles. The molecule has 0 atom stereocenters. The molecule has 0 bridgehead atoms. The highest BCUT2D eigenvalue weighted by molar-refractivity contribution is 6.06. The Kier molecular flexibility index (Phi) is 3.31. The third-order valence-corrected chi connectivity index (χ3v) is 3.25. The molecule has 3 rings (SSSR count). The number of aromatic nitrogens is 1. The quantitative estimate of drug-likeness (QED) is 0.793. The molecule has 3 aromatic rings. The lowest BCUT2D eigenvalue weighted by molar-refractivity contribution is 0.102. The number of oxazole rings is 1. The minimum atomic E-state index is -0.326. The second kappa shape index (κ2) is 5.28. The minimum Gasteiger partial charge on any atom is -0.461 e. The standard InChI is InChI=1S/C16H14N2O3/c1-10-5-3-6-11(2)13(10)18-16(19)14-15(21-9-17-14)12-7-4-8-20-12/h3-9H,1-2H3,(H,18,19). The average molecular weight is 282 g/mol. The van der Waals surface area contributed by atoms with Gasteiger partial charge in [0.1, 0.15) is 0 Å². The van der Waals surface area contributed by atoms with Gasteiger partial charge in [-0.2, -0.15) is 0 Å². The molecule has 0 saturated heterocycles. The summed E-state index contributed by atoms with van der Waals surface area (Å²) >= 11 is 0. The number of para-hydroxylation sites is 1. The van der Waals surface area contributed by atoms with E-state index < -0.39 is 0 Å². The zero-order chi connectivity index (χ0) is 14.8. The van der Waals surface area contributed by atoms with Crippen molar-refractivity contribution in [2.45, 2.75) is 13.8 Å². The zero-order valence-electron chi connectivity index (χ0n) is 11.7. The van der Waals surface area contributed by atoms with E-state index >= 15 is 0 Å². The van der Waals surface area contributed by atoms with Crippen LogP contribution in [0.5, 0.6) is 0 Å². The summed E-state index contributed by atoms with van der Waals surface area (Å²) in [6.45, 7) is 3.89. The SMILES string of the molecule is Cc1cccc(C)c1NC(=O)c1ncoc1-c1ccco1. The largest absolute Gasteiger partial charge is 0.461 e. The number of carbonyl (C=O) groups is 1. The van der Waals surface area contributed by atoms with Gasteiger partial charge in [0.25, 0.3) is 5.91 Å². The van der Waals surface area contributed by atoms with Crippen molar-refractivity contribution in [2.24, 2.45) is 0 Å². The van der Waals surface area contributed by atoms with Gasteiger partial charge >= 0.3 is 0 Å². The second-order valence-electron chi connectivity index (χ2n) is 4.73. The van der Waals surface area contributed by atoms with E-state index in [1.54, 1.807) is 12.1 Å². The number of carbonyl (C=O) groups excluding carboxylic acids is 1. The molecule has 0 unspecified atom stereocenters. The lowest BCUT2D eigenvalue weighted by Crippen LogP contribution is -2.15. The maximum Gasteiger partial charge on any atom is 0.278 e. The number of hydrogen-bond donors (Lipinski definition) is 1. The first-order valence-electron chi connectivity index (χ1n) is 6.51. The monoisotopic (exact) mass is 282 g/mol. The molecule has 0 fully saturated rings. The third kappa shape index (κ3) is 2.45. The summed E-state index contributed by atoms with van der Waals surface area (Å²) in [5, 5.41) is 2.88. The van der Waals surface area contributed by atoms with Gasteiger partial charge in [-0.1, -0.05) is 18.2 Å². The summed E-state index contributed by atoms with van der Waals surface area (Å²) in [6.07, 6.45) is 2.75. The topological polar surface area (TPSA) is 68.3 Å². The number of rotatable bonds is 3. The highest BCUT2D eigenvalue weighted by Gasteiger charge is 2.21. The smallest absolute Gasteiger partial charge is 0.278 e. The van der Waals surface area contributed by atoms with Crippen molar-refractivity contribution in [1.29, 1.82) is 0 Å². The Labute approximate surface area is 121 Å². The molecule has 106 valence electrons. The van der Waals surface area contributed by atoms with Crippen molar-refractivity contribution in [2.75, 3.05) is 5.32 Å². The first kappa shape index (κ1) is 13.2. The minimum absolute atomic E-state index is 0.201. The van der Waals surface area contributed by atoms with Gasteiger partial charge in [-0.15, -0.1) is 0 Å². The average Bonchev–Trinajstić information content (AvgIpc) is 3.12. The number of furan rings is 1. The van der Waals surface area contributed by atoms with E-state index in [1.807, 2.05) is 32.0 Å². The van der Waals surface area contributed by atoms with Crippen LogP contribution in [0.3, 0.4) is 0 Å². The molecular weight excluding hydrogens is 268 g/mol. The van der Waals surface area contributed by atoms with Crippen molar-refractivity contribution < 1.29 is 13.6 Å². The Morgan fingerprint density at radius 1 is 1.10 bits per heavy atom. The van der Waals surface area contributed by atoms with Crippen molar-refractivity contribution in [3.63, 3.8) is 0 Å². The summed E-state index contributed by atoms with van der Waals surface area (Å²) in [7, 11) is 0. The van der Waals surface area contributed by atoms with Gasteiger partial charge in [0.15, 0.2) is 17.8 Å². The van der Waals surface area contributed by atoms with Gasteiger partial charge in [0.05, 0.1) is 6.26 Å². The Balaban J connectivity index is 1.92. The van der Waals surface area contributed by atoms with E-state index in [2.05, 4.69) is 10.3 Å². The summed E-state index contributed by atoms with van der Waals surface area (Å²) < 4.78 is 10.5. The summed E-state index contributed by atoms with van der Waals surface area (Å²) in [5.41, 5.74) is 2.97. The maximum absolute atomic E-state index is 12.4. The van der Waals surface area contributed by atoms with E-state index in [0.29, 0.717) is 11.5 Å². The van der Waals surface area contributed by atoms with Gasteiger partial charge in [-0.3, -0.25) is 4.79 Å². The number of hydrogen-bond acceptors (Lipinski definition) is 4. The zero-order valence-corrected chi connectivity index (χ0v) is 11.7. The Morgan fingerprint density at radius 3 is 2.52 bits per heavy atom. The van der Waals surface area contributed by atoms with E-state index in [4.69, 9.17) is 8.83 Å². The number of benzene rings is 1. The van der Waals surface area contributed by atoms with Crippen LogP contribution in [0.25, 0.3) is 11.5 Å². The van der Waals surface area contributed by atoms with Crippen LogP contribution in [0.15, 0.2) is 51.8 Å². The van der Waals surface area contributed by atoms with E-state index in [0.717, 1.165) is 16.8 Å². The Hall–Kier alpha value is -2.82. The molecule has 21 heavy (non-hydrogen) atoms. The second-order valence-corrected chi connectivity index (χ2v) is 4.73. The molecule has 1 N–H and O–H groups in total. The van der Waals surface area contributed by atoms with E-state index in [9.17, 15) is 4.79 Å². The molecule has 0 aliphatic carbocycles. The fourth-order valence-corrected chi connectivity index (χ4v) is 2.17. The normalized spacial score (nSPS) is 10.6. The van der Waals surface area contributed by atoms with E-state index in [1.165, 1.54) is 12.7 Å². The number of amides is 1. The molecule has 0 radical (unpaired) electrons. The van der Waals surface area contributed by atoms with Crippen molar-refractivity contribution in [1.82, 2.24) is 4.98 Å². The summed E-state index contributed by atoms with van der Waals surface area (Å²) in [4.78, 5) is 16.4. The molecule has 1 aromatic carbocycles. The van der Waals surface area contributed by atoms with Crippen LogP contribution in [0.1, 0.15) is 21.6 Å². The lowest BCUT2D eigenvalue weighted by Gasteiger charge is -2.10. The van der Waals surface area contributed by atoms with E-state index in [-0.39, 0.29) is 11.6 Å². The molecule has 2 heterocycles. The molecule has 5 nitrogen and oxygen atoms in total. The van der Waals surface area contributed by atoms with Crippen molar-refractivity contribution >= 4 is 11.6 Å². The maximum atomic E-state index is 12.4. The molecule has 5 heteroatoms. The van der Waals surface area contributed by atoms with Gasteiger partial charge in [-0.05, 0) is 37.1 Å². The van der Waals surface area contributed by atoms with Gasteiger partial charge in [-0.25, -0.2) is 4.98 Å². The molecular formula is C16H14N2O3. The van der Waals surface area contributed by atoms with Gasteiger partial charge in [0, 0.05) is 5.69 Å². The number of aryl methyl sites for hydroxylation is 2. The van der Waals surface area contributed by atoms with Crippen LogP contribution in [0, 0.1) is 13.8 Å². The molecule has 2 aromatic heterocycles. The lowest BCUT2D eigenvalue weighted by atomic mass is 10.1. The van der Waals surface area contributed by atoms with Crippen LogP contribution in [-0.4, -0.2) is 10.9 Å². The molecule has 0 spiro atoms. The predicted molar refractivity (Wildman–Crippen MR) is 78.1 cm³/mol. The summed E-state index contributed by atoms with van der Waals surface area (Å²) in [6, 6.07) is 9.28. The van der Waals surface area contributed by atoms with Crippen molar-refractivity contribution in [3.8, 4) is 11.5 Å².